The molecule has 0 spiro atoms. The molecule has 0 aliphatic heterocycles. The highest BCUT2D eigenvalue weighted by atomic mass is 35.5. The van der Waals surface area contributed by atoms with Crippen LogP contribution in [-0.4, -0.2) is 17.3 Å². The quantitative estimate of drug-likeness (QED) is 0.546. The number of nitriles is 1. The van der Waals surface area contributed by atoms with Crippen molar-refractivity contribution in [2.45, 2.75) is 25.9 Å². The minimum Gasteiger partial charge on any atom is -0.481 e. The molecule has 0 heterocycles. The average molecular weight is 450 g/mol. The Kier molecular flexibility index (Phi) is 5.81. The second kappa shape index (κ2) is 7.93. The summed E-state index contributed by atoms with van der Waals surface area (Å²) in [5, 5.41) is 18.6. The summed E-state index contributed by atoms with van der Waals surface area (Å²) in [6, 6.07) is 17.2. The lowest BCUT2D eigenvalue weighted by atomic mass is 9.78. The Morgan fingerprint density at radius 1 is 1.19 bits per heavy atom. The lowest BCUT2D eigenvalue weighted by Crippen LogP contribution is -2.29. The molecule has 162 valence electrons. The van der Waals surface area contributed by atoms with E-state index in [-0.39, 0.29) is 0 Å². The van der Waals surface area contributed by atoms with Crippen LogP contribution in [0.5, 0.6) is 11.5 Å². The van der Waals surface area contributed by atoms with Gasteiger partial charge in [-0.3, -0.25) is 4.79 Å². The van der Waals surface area contributed by atoms with Gasteiger partial charge in [0, 0.05) is 5.92 Å². The van der Waals surface area contributed by atoms with E-state index in [0.29, 0.717) is 23.1 Å². The third kappa shape index (κ3) is 3.88. The van der Waals surface area contributed by atoms with Crippen molar-refractivity contribution in [2.75, 3.05) is 0 Å². The summed E-state index contributed by atoms with van der Waals surface area (Å²) in [5.41, 5.74) is -2.58. The molecule has 8 heteroatoms. The SMILES string of the molecule is CC1(C)[C@@H](C=C(Cl)C(F)(F)F)[C@@]1(C(=O)O)[C@@H](C#N)c1cccc(Oc2ccccc2)c1. The van der Waals surface area contributed by atoms with Crippen LogP contribution in [0, 0.1) is 28.1 Å². The van der Waals surface area contributed by atoms with Crippen LogP contribution in [0.3, 0.4) is 0 Å². The van der Waals surface area contributed by atoms with Gasteiger partial charge in [-0.15, -0.1) is 0 Å². The third-order valence-electron chi connectivity index (χ3n) is 5.94. The summed E-state index contributed by atoms with van der Waals surface area (Å²) in [5.74, 6) is -2.74. The van der Waals surface area contributed by atoms with Crippen LogP contribution in [0.25, 0.3) is 0 Å². The fourth-order valence-corrected chi connectivity index (χ4v) is 4.45. The van der Waals surface area contributed by atoms with Crippen molar-refractivity contribution >= 4 is 17.6 Å². The topological polar surface area (TPSA) is 70.3 Å². The van der Waals surface area contributed by atoms with E-state index < -0.39 is 39.8 Å². The Morgan fingerprint density at radius 2 is 1.81 bits per heavy atom. The molecule has 2 aromatic carbocycles. The van der Waals surface area contributed by atoms with Crippen LogP contribution in [0.15, 0.2) is 65.7 Å². The summed E-state index contributed by atoms with van der Waals surface area (Å²) in [6.45, 7) is 3.05. The van der Waals surface area contributed by atoms with E-state index >= 15 is 0 Å². The summed E-state index contributed by atoms with van der Waals surface area (Å²) in [7, 11) is 0. The van der Waals surface area contributed by atoms with E-state index in [0.717, 1.165) is 0 Å². The van der Waals surface area contributed by atoms with Crippen LogP contribution in [0.1, 0.15) is 25.3 Å². The molecule has 3 atom stereocenters. The Hall–Kier alpha value is -2.98. The molecule has 0 amide bonds. The lowest BCUT2D eigenvalue weighted by molar-refractivity contribution is -0.145. The molecule has 3 rings (SSSR count). The highest BCUT2D eigenvalue weighted by molar-refractivity contribution is 6.30. The van der Waals surface area contributed by atoms with Gasteiger partial charge < -0.3 is 9.84 Å². The maximum atomic E-state index is 13.0. The van der Waals surface area contributed by atoms with Crippen LogP contribution in [-0.2, 0) is 4.79 Å². The number of halogens is 4. The summed E-state index contributed by atoms with van der Waals surface area (Å²) < 4.78 is 44.7. The van der Waals surface area contributed by atoms with Crippen LogP contribution in [0.4, 0.5) is 13.2 Å². The number of carbonyl (C=O) groups is 1. The summed E-state index contributed by atoms with van der Waals surface area (Å²) in [6.07, 6.45) is -4.08. The van der Waals surface area contributed by atoms with Gasteiger partial charge in [0.2, 0.25) is 0 Å². The maximum absolute atomic E-state index is 13.0. The lowest BCUT2D eigenvalue weighted by Gasteiger charge is -2.22. The number of ether oxygens (including phenoxy) is 1. The first-order valence-electron chi connectivity index (χ1n) is 9.36. The van der Waals surface area contributed by atoms with Gasteiger partial charge in [0.05, 0.1) is 12.0 Å². The van der Waals surface area contributed by atoms with E-state index in [9.17, 15) is 28.3 Å². The first kappa shape index (κ1) is 22.7. The number of rotatable bonds is 6. The number of hydrogen-bond acceptors (Lipinski definition) is 3. The zero-order valence-electron chi connectivity index (χ0n) is 16.7. The smallest absolute Gasteiger partial charge is 0.426 e. The number of nitrogens with zero attached hydrogens (tertiary/aromatic N) is 1. The molecule has 0 bridgehead atoms. The van der Waals surface area contributed by atoms with Crippen LogP contribution in [0.2, 0.25) is 0 Å². The van der Waals surface area contributed by atoms with Crippen molar-refractivity contribution < 1.29 is 27.8 Å². The largest absolute Gasteiger partial charge is 0.481 e. The molecule has 2 aromatic rings. The normalized spacial score (nSPS) is 23.5. The monoisotopic (exact) mass is 449 g/mol. The molecule has 0 saturated heterocycles. The van der Waals surface area contributed by atoms with Crippen molar-refractivity contribution in [1.82, 2.24) is 0 Å². The van der Waals surface area contributed by atoms with E-state index in [1.165, 1.54) is 19.9 Å². The fraction of sp³-hybridized carbons (Fsp3) is 0.304. The molecule has 1 N–H and O–H groups in total. The van der Waals surface area contributed by atoms with E-state index in [4.69, 9.17) is 16.3 Å². The van der Waals surface area contributed by atoms with Gasteiger partial charge in [0.1, 0.15) is 21.9 Å². The first-order chi connectivity index (χ1) is 14.5. The summed E-state index contributed by atoms with van der Waals surface area (Å²) >= 11 is 5.40. The van der Waals surface area contributed by atoms with Gasteiger partial charge in [-0.2, -0.15) is 18.4 Å². The van der Waals surface area contributed by atoms with Crippen LogP contribution < -0.4 is 4.74 Å². The van der Waals surface area contributed by atoms with Crippen molar-refractivity contribution in [3.63, 3.8) is 0 Å². The van der Waals surface area contributed by atoms with Crippen molar-refractivity contribution in [3.8, 4) is 17.6 Å². The molecular formula is C23H19ClF3NO3. The van der Waals surface area contributed by atoms with Gasteiger partial charge in [-0.05, 0) is 35.2 Å². The minimum atomic E-state index is -4.80. The number of benzene rings is 2. The van der Waals surface area contributed by atoms with Gasteiger partial charge in [0.15, 0.2) is 0 Å². The van der Waals surface area contributed by atoms with Gasteiger partial charge in [-0.25, -0.2) is 0 Å². The maximum Gasteiger partial charge on any atom is 0.426 e. The molecule has 0 aromatic heterocycles. The molecule has 1 saturated carbocycles. The minimum absolute atomic E-state index is 0.338. The average Bonchev–Trinajstić information content (AvgIpc) is 3.18. The Bertz CT molecular complexity index is 1060. The summed E-state index contributed by atoms with van der Waals surface area (Å²) in [4.78, 5) is 12.4. The molecule has 1 aliphatic rings. The predicted molar refractivity (Wildman–Crippen MR) is 109 cm³/mol. The standard InChI is InChI=1S/C23H19ClF3NO3/c1-21(2)18(12-19(24)23(25,26)27)22(21,20(29)30)17(13-28)14-7-6-10-16(11-14)31-15-8-4-3-5-9-15/h3-12,17-18H,1-2H3,(H,29,30)/t17-,18+,22+/m0/s1. The van der Waals surface area contributed by atoms with E-state index in [1.54, 1.807) is 42.5 Å². The van der Waals surface area contributed by atoms with Gasteiger partial charge in [0.25, 0.3) is 0 Å². The molecular weight excluding hydrogens is 431 g/mol. The number of carboxylic acids is 1. The highest BCUT2D eigenvalue weighted by Crippen LogP contribution is 2.75. The van der Waals surface area contributed by atoms with E-state index in [2.05, 4.69) is 0 Å². The number of allylic oxidation sites excluding steroid dienone is 2. The predicted octanol–water partition coefficient (Wildman–Crippen LogP) is 6.50. The third-order valence-corrected chi connectivity index (χ3v) is 6.28. The molecule has 1 aliphatic carbocycles. The van der Waals surface area contributed by atoms with Crippen LogP contribution >= 0.6 is 11.6 Å². The van der Waals surface area contributed by atoms with Gasteiger partial charge in [-0.1, -0.05) is 61.9 Å². The van der Waals surface area contributed by atoms with Crippen molar-refractivity contribution in [3.05, 3.63) is 71.3 Å². The Balaban J connectivity index is 2.03. The molecule has 1 fully saturated rings. The first-order valence-corrected chi connectivity index (χ1v) is 9.74. The Labute approximate surface area is 182 Å². The van der Waals surface area contributed by atoms with Crippen molar-refractivity contribution in [2.24, 2.45) is 16.7 Å². The molecule has 0 radical (unpaired) electrons. The number of alkyl halides is 3. The molecule has 4 nitrogen and oxygen atoms in total. The fourth-order valence-electron chi connectivity index (χ4n) is 4.32. The zero-order chi connectivity index (χ0) is 23.0. The second-order valence-corrected chi connectivity index (χ2v) is 8.34. The van der Waals surface area contributed by atoms with Crippen molar-refractivity contribution in [1.29, 1.82) is 5.26 Å². The number of aliphatic carboxylic acids is 1. The van der Waals surface area contributed by atoms with E-state index in [1.807, 2.05) is 12.1 Å². The number of hydrogen-bond donors (Lipinski definition) is 1. The zero-order valence-corrected chi connectivity index (χ0v) is 17.4. The highest BCUT2D eigenvalue weighted by Gasteiger charge is 2.78. The molecule has 0 unspecified atom stereocenters. The number of para-hydroxylation sites is 1. The Morgan fingerprint density at radius 3 is 2.35 bits per heavy atom. The number of carboxylic acid groups (broad SMARTS) is 1. The molecule has 31 heavy (non-hydrogen) atoms. The van der Waals surface area contributed by atoms with Gasteiger partial charge >= 0.3 is 12.1 Å². The second-order valence-electron chi connectivity index (χ2n) is 7.94.